The van der Waals surface area contributed by atoms with E-state index in [2.05, 4.69) is 13.8 Å². The van der Waals surface area contributed by atoms with E-state index in [0.717, 1.165) is 6.42 Å². The predicted molar refractivity (Wildman–Crippen MR) is 42.2 cm³/mol. The summed E-state index contributed by atoms with van der Waals surface area (Å²) in [5.74, 6) is 0. The van der Waals surface area contributed by atoms with Crippen LogP contribution in [0.3, 0.4) is 0 Å². The van der Waals surface area contributed by atoms with Crippen molar-refractivity contribution in [2.45, 2.75) is 46.1 Å². The van der Waals surface area contributed by atoms with E-state index in [1.165, 1.54) is 6.42 Å². The van der Waals surface area contributed by atoms with E-state index in [9.17, 15) is 0 Å². The average Bonchev–Trinajstić information content (AvgIpc) is 1.61. The van der Waals surface area contributed by atoms with Gasteiger partial charge in [0.1, 0.15) is 0 Å². The SMILES string of the molecule is CC(C)(C)O.[CH2-]CCC.[Cu].[Li+]. The molecule has 0 spiro atoms. The molecule has 0 aromatic carbocycles. The summed E-state index contributed by atoms with van der Waals surface area (Å²) >= 11 is 0. The Balaban J connectivity index is -0.0000000383. The Kier molecular flexibility index (Phi) is 28.2. The van der Waals surface area contributed by atoms with Crippen molar-refractivity contribution in [3.8, 4) is 0 Å². The van der Waals surface area contributed by atoms with Gasteiger partial charge < -0.3 is 12.0 Å². The van der Waals surface area contributed by atoms with E-state index < -0.39 is 5.60 Å². The number of unbranched alkanes of at least 4 members (excludes halogenated alkanes) is 1. The molecule has 1 nitrogen and oxygen atoms in total. The van der Waals surface area contributed by atoms with Crippen molar-refractivity contribution in [2.75, 3.05) is 0 Å². The van der Waals surface area contributed by atoms with E-state index >= 15 is 0 Å². The third-order valence-electron chi connectivity index (χ3n) is 0.354. The third-order valence-corrected chi connectivity index (χ3v) is 0.354. The summed E-state index contributed by atoms with van der Waals surface area (Å²) in [5, 5.41) is 8.52. The second-order valence-electron chi connectivity index (χ2n) is 3.02. The van der Waals surface area contributed by atoms with E-state index in [1.807, 2.05) is 0 Å². The monoisotopic (exact) mass is 201 g/mol. The Hall–Kier alpha value is 1.08. The summed E-state index contributed by atoms with van der Waals surface area (Å²) in [7, 11) is 0. The van der Waals surface area contributed by atoms with Gasteiger partial charge in [0.05, 0.1) is 5.60 Å². The standard InChI is InChI=1S/C4H10O.C4H9.Cu.Li/c1-4(2,3)5;1-3-4-2;;/h5H,1-3H3;1,3-4H2,2H3;;/q;-1;;+1. The second kappa shape index (κ2) is 13.7. The Labute approximate surface area is 94.0 Å². The number of rotatable bonds is 1. The predicted octanol–water partition coefficient (Wildman–Crippen LogP) is -0.601. The van der Waals surface area contributed by atoms with Gasteiger partial charge in [0.15, 0.2) is 0 Å². The van der Waals surface area contributed by atoms with Gasteiger partial charge >= 0.3 is 18.9 Å². The molecule has 0 heterocycles. The molecule has 0 amide bonds. The van der Waals surface area contributed by atoms with E-state index in [1.54, 1.807) is 20.8 Å². The Morgan fingerprint density at radius 1 is 1.27 bits per heavy atom. The normalized spacial score (nSPS) is 8.18. The zero-order valence-electron chi connectivity index (χ0n) is 8.37. The van der Waals surface area contributed by atoms with Gasteiger partial charge in [-0.3, -0.25) is 0 Å². The van der Waals surface area contributed by atoms with E-state index in [-0.39, 0.29) is 35.9 Å². The van der Waals surface area contributed by atoms with Crippen LogP contribution in [0.4, 0.5) is 0 Å². The molecule has 3 heteroatoms. The molecule has 0 bridgehead atoms. The van der Waals surface area contributed by atoms with Crippen LogP contribution in [0.15, 0.2) is 0 Å². The van der Waals surface area contributed by atoms with Crippen molar-refractivity contribution in [3.63, 3.8) is 0 Å². The van der Waals surface area contributed by atoms with Crippen molar-refractivity contribution in [1.29, 1.82) is 0 Å². The zero-order chi connectivity index (χ0) is 7.91. The van der Waals surface area contributed by atoms with Crippen LogP contribution in [0.5, 0.6) is 0 Å². The molecule has 11 heavy (non-hydrogen) atoms. The molecule has 0 rings (SSSR count). The molecule has 69 valence electrons. The Bertz CT molecular complexity index is 44.5. The number of aliphatic hydroxyl groups is 1. The van der Waals surface area contributed by atoms with Gasteiger partial charge in [-0.25, -0.2) is 0 Å². The van der Waals surface area contributed by atoms with Crippen LogP contribution >= 0.6 is 0 Å². The number of hydrogen-bond acceptors (Lipinski definition) is 1. The summed E-state index contributed by atoms with van der Waals surface area (Å²) in [5.41, 5.74) is -0.500. The minimum absolute atomic E-state index is 0. The smallest absolute Gasteiger partial charge is 0.391 e. The molecule has 0 aliphatic rings. The van der Waals surface area contributed by atoms with Crippen LogP contribution < -0.4 is 18.9 Å². The average molecular weight is 202 g/mol. The first-order valence-electron chi connectivity index (χ1n) is 3.43. The summed E-state index contributed by atoms with van der Waals surface area (Å²) in [4.78, 5) is 0. The topological polar surface area (TPSA) is 20.2 Å². The summed E-state index contributed by atoms with van der Waals surface area (Å²) in [6.07, 6.45) is 2.28. The molecule has 0 aliphatic heterocycles. The van der Waals surface area contributed by atoms with Crippen LogP contribution in [0.25, 0.3) is 0 Å². The van der Waals surface area contributed by atoms with Crippen molar-refractivity contribution in [1.82, 2.24) is 0 Å². The molecule has 0 saturated heterocycles. The Morgan fingerprint density at radius 2 is 1.36 bits per heavy atom. The van der Waals surface area contributed by atoms with Crippen LogP contribution in [-0.2, 0) is 17.1 Å². The van der Waals surface area contributed by atoms with E-state index in [4.69, 9.17) is 5.11 Å². The molecular weight excluding hydrogens is 183 g/mol. The summed E-state index contributed by atoms with van der Waals surface area (Å²) in [6, 6.07) is 0. The summed E-state index contributed by atoms with van der Waals surface area (Å²) in [6.45, 7) is 11.0. The first kappa shape index (κ1) is 22.7. The molecular formula is C8H19CuLiO. The van der Waals surface area contributed by atoms with Gasteiger partial charge in [0, 0.05) is 17.1 Å². The quantitative estimate of drug-likeness (QED) is 0.444. The largest absolute Gasteiger partial charge is 1.00 e. The van der Waals surface area contributed by atoms with Gasteiger partial charge in [-0.1, -0.05) is 13.3 Å². The maximum atomic E-state index is 8.52. The first-order chi connectivity index (χ1) is 3.91. The third kappa shape index (κ3) is 212. The molecule has 0 aromatic heterocycles. The van der Waals surface area contributed by atoms with Crippen LogP contribution in [0, 0.1) is 6.92 Å². The molecule has 0 saturated carbocycles. The van der Waals surface area contributed by atoms with Crippen molar-refractivity contribution >= 4 is 0 Å². The zero-order valence-corrected chi connectivity index (χ0v) is 9.31. The maximum Gasteiger partial charge on any atom is 1.00 e. The minimum Gasteiger partial charge on any atom is -0.391 e. The van der Waals surface area contributed by atoms with Gasteiger partial charge in [0.25, 0.3) is 0 Å². The van der Waals surface area contributed by atoms with Crippen LogP contribution in [0.2, 0.25) is 0 Å². The van der Waals surface area contributed by atoms with Crippen molar-refractivity contribution in [2.24, 2.45) is 0 Å². The molecule has 0 aliphatic carbocycles. The first-order valence-corrected chi connectivity index (χ1v) is 3.43. The minimum atomic E-state index is -0.500. The molecule has 1 radical (unpaired) electrons. The van der Waals surface area contributed by atoms with Crippen molar-refractivity contribution < 1.29 is 41.0 Å². The van der Waals surface area contributed by atoms with Gasteiger partial charge in [-0.05, 0) is 20.8 Å². The fourth-order valence-corrected chi connectivity index (χ4v) is 0. The van der Waals surface area contributed by atoms with Crippen molar-refractivity contribution in [3.05, 3.63) is 6.92 Å². The molecule has 1 N–H and O–H groups in total. The second-order valence-corrected chi connectivity index (χ2v) is 3.02. The summed E-state index contributed by atoms with van der Waals surface area (Å²) < 4.78 is 0. The van der Waals surface area contributed by atoms with E-state index in [0.29, 0.717) is 0 Å². The Morgan fingerprint density at radius 3 is 1.36 bits per heavy atom. The molecule has 0 aromatic rings. The van der Waals surface area contributed by atoms with Crippen LogP contribution in [-0.4, -0.2) is 10.7 Å². The van der Waals surface area contributed by atoms with Gasteiger partial charge in [-0.15, -0.1) is 0 Å². The maximum absolute atomic E-state index is 8.52. The fraction of sp³-hybridized carbons (Fsp3) is 0.875. The van der Waals surface area contributed by atoms with Crippen LogP contribution in [0.1, 0.15) is 40.5 Å². The van der Waals surface area contributed by atoms with Gasteiger partial charge in [0.2, 0.25) is 0 Å². The fourth-order valence-electron chi connectivity index (χ4n) is 0. The molecule has 0 unspecified atom stereocenters. The molecule has 0 fully saturated rings. The molecule has 0 atom stereocenters. The van der Waals surface area contributed by atoms with Gasteiger partial charge in [-0.2, -0.15) is 6.42 Å². The number of hydrogen-bond donors (Lipinski definition) is 1.